The molecule has 7 nitrogen and oxygen atoms in total. The zero-order valence-corrected chi connectivity index (χ0v) is 9.51. The predicted molar refractivity (Wildman–Crippen MR) is 55.5 cm³/mol. The average Bonchev–Trinajstić information content (AvgIpc) is 2.50. The zero-order chi connectivity index (χ0) is 12.3. The third-order valence-electron chi connectivity index (χ3n) is 2.48. The number of aryl methyl sites for hydroxylation is 1. The number of hydrogen-bond donors (Lipinski definition) is 1. The lowest BCUT2D eigenvalue weighted by Gasteiger charge is -2.19. The predicted octanol–water partition coefficient (Wildman–Crippen LogP) is 0.112. The third kappa shape index (κ3) is 2.37. The van der Waals surface area contributed by atoms with Crippen molar-refractivity contribution in [2.24, 2.45) is 0 Å². The summed E-state index contributed by atoms with van der Waals surface area (Å²) in [4.78, 5) is 14.0. The van der Waals surface area contributed by atoms with E-state index in [4.69, 9.17) is 0 Å². The summed E-state index contributed by atoms with van der Waals surface area (Å²) in [7, 11) is 1.31. The van der Waals surface area contributed by atoms with Crippen LogP contribution in [0, 0.1) is 24.0 Å². The Balaban J connectivity index is 2.92. The van der Waals surface area contributed by atoms with Crippen molar-refractivity contribution in [2.45, 2.75) is 26.1 Å². The molecular formula is C9H15N3O4. The molecule has 0 aliphatic rings. The Kier molecular flexibility index (Phi) is 3.61. The van der Waals surface area contributed by atoms with Gasteiger partial charge in [-0.3, -0.25) is 10.1 Å². The van der Waals surface area contributed by atoms with E-state index in [1.54, 1.807) is 13.8 Å². The molecule has 16 heavy (non-hydrogen) atoms. The fourth-order valence-corrected chi connectivity index (χ4v) is 1.36. The Labute approximate surface area is 92.8 Å². The van der Waals surface area contributed by atoms with Gasteiger partial charge >= 0.3 is 5.72 Å². The maximum absolute atomic E-state index is 10.8. The van der Waals surface area contributed by atoms with E-state index in [0.29, 0.717) is 0 Å². The summed E-state index contributed by atoms with van der Waals surface area (Å²) in [5.74, 6) is 0. The molecule has 0 aliphatic heterocycles. The van der Waals surface area contributed by atoms with Gasteiger partial charge in [-0.05, 0) is 13.8 Å². The zero-order valence-electron chi connectivity index (χ0n) is 9.51. The maximum atomic E-state index is 10.8. The minimum atomic E-state index is -2.12. The lowest BCUT2D eigenvalue weighted by molar-refractivity contribution is -0.631. The molecule has 1 N–H and O–H groups in total. The molecule has 0 fully saturated rings. The minimum absolute atomic E-state index is 0.180. The van der Waals surface area contributed by atoms with Crippen molar-refractivity contribution in [3.63, 3.8) is 0 Å². The third-order valence-corrected chi connectivity index (χ3v) is 2.48. The van der Waals surface area contributed by atoms with E-state index in [1.165, 1.54) is 18.0 Å². The van der Waals surface area contributed by atoms with Gasteiger partial charge in [-0.2, -0.15) is 0 Å². The summed E-state index contributed by atoms with van der Waals surface area (Å²) in [5.41, 5.74) is -0.549. The minimum Gasteiger partial charge on any atom is -0.374 e. The highest BCUT2D eigenvalue weighted by molar-refractivity contribution is 5.08. The molecule has 0 radical (unpaired) electrons. The number of nitro groups is 1. The van der Waals surface area contributed by atoms with Crippen molar-refractivity contribution in [1.29, 1.82) is 0 Å². The Hall–Kier alpha value is -1.47. The molecular weight excluding hydrogens is 214 g/mol. The van der Waals surface area contributed by atoms with Crippen LogP contribution < -0.4 is 0 Å². The summed E-state index contributed by atoms with van der Waals surface area (Å²) < 4.78 is 6.20. The van der Waals surface area contributed by atoms with Crippen molar-refractivity contribution >= 4 is 0 Å². The molecule has 0 saturated heterocycles. The first-order chi connectivity index (χ1) is 7.40. The fourth-order valence-electron chi connectivity index (χ4n) is 1.36. The molecule has 1 unspecified atom stereocenters. The van der Waals surface area contributed by atoms with E-state index in [2.05, 4.69) is 9.72 Å². The van der Waals surface area contributed by atoms with Crippen LogP contribution in [-0.4, -0.2) is 39.0 Å². The molecule has 1 rings (SSSR count). The SMILES string of the molecule is COCC(O)(Cn1cnc(C)c1C)[N+](=O)[O-]. The first kappa shape index (κ1) is 12.6. The standard InChI is InChI=1S/C9H15N3O4/c1-7-8(2)11(6-10-7)4-9(13,5-16-3)12(14)15/h6,13H,4-5H2,1-3H3. The van der Waals surface area contributed by atoms with Crippen LogP contribution in [0.3, 0.4) is 0 Å². The monoisotopic (exact) mass is 229 g/mol. The highest BCUT2D eigenvalue weighted by atomic mass is 16.7. The van der Waals surface area contributed by atoms with Gasteiger partial charge in [0, 0.05) is 12.8 Å². The van der Waals surface area contributed by atoms with Gasteiger partial charge in [0.25, 0.3) is 0 Å². The first-order valence-electron chi connectivity index (χ1n) is 4.75. The molecule has 0 aromatic carbocycles. The second kappa shape index (κ2) is 4.58. The van der Waals surface area contributed by atoms with Gasteiger partial charge in [0.2, 0.25) is 0 Å². The molecule has 7 heteroatoms. The van der Waals surface area contributed by atoms with Gasteiger partial charge in [0.15, 0.2) is 0 Å². The van der Waals surface area contributed by atoms with E-state index in [-0.39, 0.29) is 13.2 Å². The Morgan fingerprint density at radius 2 is 2.31 bits per heavy atom. The van der Waals surface area contributed by atoms with Crippen LogP contribution in [0.2, 0.25) is 0 Å². The number of imidazole rings is 1. The van der Waals surface area contributed by atoms with Crippen LogP contribution in [0.15, 0.2) is 6.33 Å². The van der Waals surface area contributed by atoms with Gasteiger partial charge in [0.05, 0.1) is 16.9 Å². The average molecular weight is 229 g/mol. The molecule has 1 heterocycles. The van der Waals surface area contributed by atoms with E-state index in [0.717, 1.165) is 11.4 Å². The topological polar surface area (TPSA) is 90.4 Å². The number of aliphatic hydroxyl groups is 1. The molecule has 1 aromatic rings. The Bertz CT molecular complexity index is 390. The Morgan fingerprint density at radius 1 is 1.69 bits per heavy atom. The molecule has 0 saturated carbocycles. The molecule has 1 aromatic heterocycles. The Morgan fingerprint density at radius 3 is 2.69 bits per heavy atom. The van der Waals surface area contributed by atoms with Crippen LogP contribution in [0.1, 0.15) is 11.4 Å². The summed E-state index contributed by atoms with van der Waals surface area (Å²) in [6.45, 7) is 3.04. The van der Waals surface area contributed by atoms with Crippen LogP contribution in [0.5, 0.6) is 0 Å². The fraction of sp³-hybridized carbons (Fsp3) is 0.667. The second-order valence-electron chi connectivity index (χ2n) is 3.72. The van der Waals surface area contributed by atoms with Crippen LogP contribution in [-0.2, 0) is 11.3 Å². The lowest BCUT2D eigenvalue weighted by Crippen LogP contribution is -2.46. The van der Waals surface area contributed by atoms with Crippen molar-refractivity contribution in [3.05, 3.63) is 27.8 Å². The number of rotatable bonds is 5. The first-order valence-corrected chi connectivity index (χ1v) is 4.75. The van der Waals surface area contributed by atoms with Gasteiger partial charge in [0.1, 0.15) is 13.2 Å². The smallest absolute Gasteiger partial charge is 0.363 e. The number of methoxy groups -OCH3 is 1. The highest BCUT2D eigenvalue weighted by Crippen LogP contribution is 2.13. The summed E-state index contributed by atoms with van der Waals surface area (Å²) in [6.07, 6.45) is 1.47. The summed E-state index contributed by atoms with van der Waals surface area (Å²) >= 11 is 0. The quantitative estimate of drug-likeness (QED) is 0.439. The number of aromatic nitrogens is 2. The van der Waals surface area contributed by atoms with Crippen LogP contribution in [0.25, 0.3) is 0 Å². The molecule has 0 bridgehead atoms. The van der Waals surface area contributed by atoms with Crippen molar-refractivity contribution in [2.75, 3.05) is 13.7 Å². The second-order valence-corrected chi connectivity index (χ2v) is 3.72. The molecule has 1 atom stereocenters. The van der Waals surface area contributed by atoms with Gasteiger partial charge in [-0.15, -0.1) is 0 Å². The van der Waals surface area contributed by atoms with Gasteiger partial charge < -0.3 is 14.4 Å². The van der Waals surface area contributed by atoms with E-state index < -0.39 is 10.6 Å². The van der Waals surface area contributed by atoms with Crippen molar-refractivity contribution in [3.8, 4) is 0 Å². The molecule has 0 spiro atoms. The maximum Gasteiger partial charge on any atom is 0.363 e. The molecule has 0 aliphatic carbocycles. The van der Waals surface area contributed by atoms with E-state index in [9.17, 15) is 15.2 Å². The summed E-state index contributed by atoms with van der Waals surface area (Å²) in [5, 5.41) is 20.6. The largest absolute Gasteiger partial charge is 0.374 e. The highest BCUT2D eigenvalue weighted by Gasteiger charge is 2.41. The number of hydrogen-bond acceptors (Lipinski definition) is 5. The number of ether oxygens (including phenoxy) is 1. The van der Waals surface area contributed by atoms with Crippen molar-refractivity contribution < 1.29 is 14.8 Å². The normalized spacial score (nSPS) is 14.8. The lowest BCUT2D eigenvalue weighted by atomic mass is 10.2. The van der Waals surface area contributed by atoms with Crippen LogP contribution >= 0.6 is 0 Å². The van der Waals surface area contributed by atoms with Gasteiger partial charge in [-0.1, -0.05) is 0 Å². The van der Waals surface area contributed by atoms with E-state index in [1.807, 2.05) is 0 Å². The molecule has 0 amide bonds. The number of nitrogens with zero attached hydrogens (tertiary/aromatic N) is 3. The van der Waals surface area contributed by atoms with Crippen LogP contribution in [0.4, 0.5) is 0 Å². The molecule has 90 valence electrons. The summed E-state index contributed by atoms with van der Waals surface area (Å²) in [6, 6.07) is 0. The van der Waals surface area contributed by atoms with Gasteiger partial charge in [-0.25, -0.2) is 4.98 Å². The van der Waals surface area contributed by atoms with E-state index >= 15 is 0 Å². The van der Waals surface area contributed by atoms with Crippen molar-refractivity contribution in [1.82, 2.24) is 9.55 Å².